The molecular weight excluding hydrogens is 350 g/mol. The summed E-state index contributed by atoms with van der Waals surface area (Å²) in [7, 11) is 0. The lowest BCUT2D eigenvalue weighted by atomic mass is 10.1. The van der Waals surface area contributed by atoms with Gasteiger partial charge in [0.05, 0.1) is 22.5 Å². The Balaban J connectivity index is 2.17. The molecule has 0 aliphatic rings. The average Bonchev–Trinajstić information content (AvgIpc) is 2.50. The number of hydrogen-bond donors (Lipinski definition) is 1. The predicted octanol–water partition coefficient (Wildman–Crippen LogP) is 5.27. The Morgan fingerprint density at radius 1 is 1.19 bits per heavy atom. The van der Waals surface area contributed by atoms with Crippen LogP contribution in [0.4, 0.5) is 11.4 Å². The molecule has 2 aromatic carbocycles. The smallest absolute Gasteiger partial charge is 0.103 e. The molecule has 1 N–H and O–H groups in total. The van der Waals surface area contributed by atoms with Crippen LogP contribution in [0.2, 0.25) is 5.02 Å². The Labute approximate surface area is 135 Å². The van der Waals surface area contributed by atoms with E-state index in [1.54, 1.807) is 18.3 Å². The van der Waals surface area contributed by atoms with Gasteiger partial charge in [0.15, 0.2) is 0 Å². The average molecular weight is 359 g/mol. The first-order valence-corrected chi connectivity index (χ1v) is 7.36. The summed E-state index contributed by atoms with van der Waals surface area (Å²) >= 11 is 9.42. The van der Waals surface area contributed by atoms with E-state index in [1.165, 1.54) is 0 Å². The molecule has 0 fully saturated rings. The van der Waals surface area contributed by atoms with E-state index >= 15 is 0 Å². The van der Waals surface area contributed by atoms with Crippen LogP contribution in [-0.2, 0) is 0 Å². The molecule has 0 saturated heterocycles. The van der Waals surface area contributed by atoms with Crippen molar-refractivity contribution >= 4 is 49.8 Å². The number of benzene rings is 2. The molecule has 102 valence electrons. The second kappa shape index (κ2) is 5.72. The number of nitriles is 1. The second-order valence-electron chi connectivity index (χ2n) is 4.42. The van der Waals surface area contributed by atoms with Crippen LogP contribution in [0, 0.1) is 11.3 Å². The van der Waals surface area contributed by atoms with Crippen molar-refractivity contribution in [1.82, 2.24) is 4.98 Å². The van der Waals surface area contributed by atoms with Crippen molar-refractivity contribution in [3.63, 3.8) is 0 Å². The number of pyridine rings is 1. The molecule has 0 aliphatic heterocycles. The fourth-order valence-corrected chi connectivity index (χ4v) is 2.87. The lowest BCUT2D eigenvalue weighted by Crippen LogP contribution is -1.97. The molecule has 0 bridgehead atoms. The van der Waals surface area contributed by atoms with Crippen LogP contribution in [-0.4, -0.2) is 4.98 Å². The van der Waals surface area contributed by atoms with Gasteiger partial charge in [-0.2, -0.15) is 5.26 Å². The van der Waals surface area contributed by atoms with Gasteiger partial charge in [-0.05, 0) is 40.2 Å². The first-order valence-electron chi connectivity index (χ1n) is 6.19. The summed E-state index contributed by atoms with van der Waals surface area (Å²) < 4.78 is 0.833. The molecule has 1 aromatic heterocycles. The van der Waals surface area contributed by atoms with Crippen molar-refractivity contribution in [2.24, 2.45) is 0 Å². The molecule has 0 saturated carbocycles. The fraction of sp³-hybridized carbons (Fsp3) is 0. The Morgan fingerprint density at radius 2 is 2.00 bits per heavy atom. The van der Waals surface area contributed by atoms with Crippen LogP contribution in [0.25, 0.3) is 10.9 Å². The van der Waals surface area contributed by atoms with Gasteiger partial charge in [0.25, 0.3) is 0 Å². The highest BCUT2D eigenvalue weighted by molar-refractivity contribution is 9.10. The summed E-state index contributed by atoms with van der Waals surface area (Å²) in [6, 6.07) is 15.3. The Kier molecular flexibility index (Phi) is 3.78. The Hall–Kier alpha value is -2.09. The number of para-hydroxylation sites is 1. The first-order chi connectivity index (χ1) is 10.2. The molecule has 0 radical (unpaired) electrons. The summed E-state index contributed by atoms with van der Waals surface area (Å²) in [5.41, 5.74) is 2.91. The second-order valence-corrected chi connectivity index (χ2v) is 5.72. The zero-order valence-electron chi connectivity index (χ0n) is 10.8. The third-order valence-corrected chi connectivity index (χ3v) is 3.98. The third-order valence-electron chi connectivity index (χ3n) is 3.09. The van der Waals surface area contributed by atoms with Gasteiger partial charge in [-0.25, -0.2) is 0 Å². The maximum Gasteiger partial charge on any atom is 0.103 e. The number of nitrogens with zero attached hydrogens (tertiary/aromatic N) is 2. The van der Waals surface area contributed by atoms with E-state index in [4.69, 9.17) is 11.6 Å². The monoisotopic (exact) mass is 357 g/mol. The SMILES string of the molecule is N#Cc1cnc2ccccc2c1Nc1ccc(Cl)cc1Br. The summed E-state index contributed by atoms with van der Waals surface area (Å²) in [4.78, 5) is 4.30. The molecule has 3 rings (SSSR count). The lowest BCUT2D eigenvalue weighted by molar-refractivity contribution is 1.36. The van der Waals surface area contributed by atoms with E-state index in [2.05, 4.69) is 32.3 Å². The molecule has 0 amide bonds. The van der Waals surface area contributed by atoms with Crippen molar-refractivity contribution < 1.29 is 0 Å². The van der Waals surface area contributed by atoms with Gasteiger partial charge < -0.3 is 5.32 Å². The molecule has 0 atom stereocenters. The number of aromatic nitrogens is 1. The highest BCUT2D eigenvalue weighted by atomic mass is 79.9. The molecule has 5 heteroatoms. The summed E-state index contributed by atoms with van der Waals surface area (Å²) in [5.74, 6) is 0. The quantitative estimate of drug-likeness (QED) is 0.679. The number of hydrogen-bond acceptors (Lipinski definition) is 3. The summed E-state index contributed by atoms with van der Waals surface area (Å²) in [5, 5.41) is 14.1. The normalized spacial score (nSPS) is 10.3. The largest absolute Gasteiger partial charge is 0.353 e. The maximum atomic E-state index is 9.31. The van der Waals surface area contributed by atoms with Gasteiger partial charge in [-0.3, -0.25) is 4.98 Å². The zero-order chi connectivity index (χ0) is 14.8. The Morgan fingerprint density at radius 3 is 2.76 bits per heavy atom. The molecule has 0 aliphatic carbocycles. The summed E-state index contributed by atoms with van der Waals surface area (Å²) in [6.07, 6.45) is 1.58. The van der Waals surface area contributed by atoms with Crippen LogP contribution in [0.5, 0.6) is 0 Å². The van der Waals surface area contributed by atoms with Crippen LogP contribution in [0.3, 0.4) is 0 Å². The Bertz CT molecular complexity index is 871. The van der Waals surface area contributed by atoms with Crippen molar-refractivity contribution in [1.29, 1.82) is 5.26 Å². The van der Waals surface area contributed by atoms with Crippen LogP contribution in [0.15, 0.2) is 53.1 Å². The van der Waals surface area contributed by atoms with E-state index in [1.807, 2.05) is 30.3 Å². The van der Waals surface area contributed by atoms with E-state index < -0.39 is 0 Å². The van der Waals surface area contributed by atoms with Gasteiger partial charge in [0.1, 0.15) is 6.07 Å². The van der Waals surface area contributed by atoms with E-state index in [0.717, 1.165) is 26.8 Å². The molecule has 1 heterocycles. The third kappa shape index (κ3) is 2.71. The van der Waals surface area contributed by atoms with E-state index in [-0.39, 0.29) is 0 Å². The van der Waals surface area contributed by atoms with Crippen molar-refractivity contribution in [3.8, 4) is 6.07 Å². The van der Waals surface area contributed by atoms with Gasteiger partial charge in [-0.15, -0.1) is 0 Å². The topological polar surface area (TPSA) is 48.7 Å². The van der Waals surface area contributed by atoms with Crippen molar-refractivity contribution in [2.45, 2.75) is 0 Å². The highest BCUT2D eigenvalue weighted by Crippen LogP contribution is 2.33. The number of halogens is 2. The van der Waals surface area contributed by atoms with E-state index in [0.29, 0.717) is 10.6 Å². The molecule has 3 nitrogen and oxygen atoms in total. The molecule has 0 unspecified atom stereocenters. The minimum Gasteiger partial charge on any atom is -0.353 e. The minimum absolute atomic E-state index is 0.496. The van der Waals surface area contributed by atoms with Gasteiger partial charge >= 0.3 is 0 Å². The van der Waals surface area contributed by atoms with Gasteiger partial charge in [0, 0.05) is 21.1 Å². The van der Waals surface area contributed by atoms with E-state index in [9.17, 15) is 5.26 Å². The van der Waals surface area contributed by atoms with Crippen LogP contribution < -0.4 is 5.32 Å². The van der Waals surface area contributed by atoms with Gasteiger partial charge in [0.2, 0.25) is 0 Å². The first kappa shape index (κ1) is 13.9. The van der Waals surface area contributed by atoms with Crippen LogP contribution >= 0.6 is 27.5 Å². The lowest BCUT2D eigenvalue weighted by Gasteiger charge is -2.12. The summed E-state index contributed by atoms with van der Waals surface area (Å²) in [6.45, 7) is 0. The number of nitrogens with one attached hydrogen (secondary N) is 1. The number of rotatable bonds is 2. The van der Waals surface area contributed by atoms with Crippen molar-refractivity contribution in [2.75, 3.05) is 5.32 Å². The molecule has 0 spiro atoms. The standard InChI is InChI=1S/C16H9BrClN3/c17-13-7-11(18)5-6-15(13)21-16-10(8-19)9-20-14-4-2-1-3-12(14)16/h1-7,9H,(H,20,21). The van der Waals surface area contributed by atoms with Gasteiger partial charge in [-0.1, -0.05) is 29.8 Å². The molecule has 3 aromatic rings. The molecular formula is C16H9BrClN3. The number of fused-ring (bicyclic) bond motifs is 1. The highest BCUT2D eigenvalue weighted by Gasteiger charge is 2.10. The molecule has 21 heavy (non-hydrogen) atoms. The maximum absolute atomic E-state index is 9.31. The number of anilines is 2. The predicted molar refractivity (Wildman–Crippen MR) is 88.9 cm³/mol. The minimum atomic E-state index is 0.496. The zero-order valence-corrected chi connectivity index (χ0v) is 13.1. The fourth-order valence-electron chi connectivity index (χ4n) is 2.09. The van der Waals surface area contributed by atoms with Crippen LogP contribution in [0.1, 0.15) is 5.56 Å². The van der Waals surface area contributed by atoms with Crippen molar-refractivity contribution in [3.05, 3.63) is 63.7 Å².